The van der Waals surface area contributed by atoms with Crippen LogP contribution in [0.1, 0.15) is 27.2 Å². The molecule has 0 aromatic rings. The summed E-state index contributed by atoms with van der Waals surface area (Å²) < 4.78 is 0. The number of hydrogen-bond donors (Lipinski definition) is 0. The van der Waals surface area contributed by atoms with Gasteiger partial charge < -0.3 is 0 Å². The first-order chi connectivity index (χ1) is 5.70. The van der Waals surface area contributed by atoms with E-state index in [-0.39, 0.29) is 0 Å². The molecule has 4 unspecified atom stereocenters. The van der Waals surface area contributed by atoms with Crippen LogP contribution in [-0.4, -0.2) is 0 Å². The Balaban J connectivity index is 0.000000213. The second-order valence-electron chi connectivity index (χ2n) is 4.07. The lowest BCUT2D eigenvalue weighted by molar-refractivity contribution is 0.364. The average Bonchev–Trinajstić information content (AvgIpc) is 2.58. The van der Waals surface area contributed by atoms with Crippen LogP contribution < -0.4 is 0 Å². The first-order valence-corrected chi connectivity index (χ1v) is 4.96. The van der Waals surface area contributed by atoms with E-state index in [2.05, 4.69) is 32.6 Å². The zero-order valence-electron chi connectivity index (χ0n) is 8.46. The summed E-state index contributed by atoms with van der Waals surface area (Å²) in [5, 5.41) is 0. The first kappa shape index (κ1) is 9.57. The first-order valence-electron chi connectivity index (χ1n) is 4.96. The molecule has 2 aliphatic carbocycles. The van der Waals surface area contributed by atoms with Gasteiger partial charge in [-0.2, -0.15) is 0 Å². The van der Waals surface area contributed by atoms with Gasteiger partial charge >= 0.3 is 0 Å². The van der Waals surface area contributed by atoms with E-state index in [1.165, 1.54) is 6.42 Å². The molecule has 0 heterocycles. The molecule has 2 rings (SSSR count). The molecule has 2 aliphatic rings. The second-order valence-corrected chi connectivity index (χ2v) is 4.07. The Hall–Kier alpha value is -0.520. The van der Waals surface area contributed by atoms with Gasteiger partial charge in [-0.3, -0.25) is 0 Å². The maximum atomic E-state index is 3.36. The molecule has 0 aliphatic heterocycles. The van der Waals surface area contributed by atoms with Crippen molar-refractivity contribution in [2.24, 2.45) is 23.7 Å². The molecule has 0 nitrogen and oxygen atoms in total. The summed E-state index contributed by atoms with van der Waals surface area (Å²) in [7, 11) is 0. The van der Waals surface area contributed by atoms with Crippen LogP contribution in [0.3, 0.4) is 0 Å². The van der Waals surface area contributed by atoms with Crippen LogP contribution in [0, 0.1) is 23.7 Å². The third kappa shape index (κ3) is 1.63. The van der Waals surface area contributed by atoms with Crippen LogP contribution in [-0.2, 0) is 0 Å². The Labute approximate surface area is 76.4 Å². The third-order valence-electron chi connectivity index (χ3n) is 3.33. The quantitative estimate of drug-likeness (QED) is 0.479. The van der Waals surface area contributed by atoms with E-state index in [0.29, 0.717) is 0 Å². The van der Waals surface area contributed by atoms with Crippen molar-refractivity contribution in [3.63, 3.8) is 0 Å². The summed E-state index contributed by atoms with van der Waals surface area (Å²) in [5.41, 5.74) is 0. The zero-order chi connectivity index (χ0) is 9.14. The van der Waals surface area contributed by atoms with Gasteiger partial charge in [-0.15, -0.1) is 6.58 Å². The Kier molecular flexibility index (Phi) is 3.13. The van der Waals surface area contributed by atoms with Crippen molar-refractivity contribution in [2.75, 3.05) is 0 Å². The lowest BCUT2D eigenvalue weighted by Gasteiger charge is -2.19. The van der Waals surface area contributed by atoms with Gasteiger partial charge in [-0.05, 0) is 37.0 Å². The van der Waals surface area contributed by atoms with Crippen molar-refractivity contribution in [2.45, 2.75) is 27.2 Å². The molecule has 1 fully saturated rings. The van der Waals surface area contributed by atoms with E-state index in [4.69, 9.17) is 0 Å². The van der Waals surface area contributed by atoms with Gasteiger partial charge in [0, 0.05) is 0 Å². The molecule has 0 heteroatoms. The van der Waals surface area contributed by atoms with E-state index in [1.54, 1.807) is 6.08 Å². The number of hydrogen-bond acceptors (Lipinski definition) is 0. The van der Waals surface area contributed by atoms with Crippen molar-refractivity contribution in [1.82, 2.24) is 0 Å². The number of rotatable bonds is 0. The normalized spacial score (nSPS) is 42.2. The SMILES string of the molecule is C=CC.CC1C2C=CC(C2)C1C. The van der Waals surface area contributed by atoms with Crippen LogP contribution in [0.5, 0.6) is 0 Å². The van der Waals surface area contributed by atoms with Gasteiger partial charge in [0.1, 0.15) is 0 Å². The Morgan fingerprint density at radius 3 is 1.67 bits per heavy atom. The van der Waals surface area contributed by atoms with E-state index in [1.807, 2.05) is 6.92 Å². The van der Waals surface area contributed by atoms with Crippen LogP contribution in [0.2, 0.25) is 0 Å². The Morgan fingerprint density at radius 1 is 1.17 bits per heavy atom. The number of fused-ring (bicyclic) bond motifs is 2. The highest BCUT2D eigenvalue weighted by atomic mass is 14.4. The minimum Gasteiger partial charge on any atom is -0.103 e. The molecule has 4 atom stereocenters. The fourth-order valence-electron chi connectivity index (χ4n) is 2.32. The average molecular weight is 164 g/mol. The summed E-state index contributed by atoms with van der Waals surface area (Å²) in [6, 6.07) is 0. The Morgan fingerprint density at radius 2 is 1.50 bits per heavy atom. The van der Waals surface area contributed by atoms with Crippen molar-refractivity contribution < 1.29 is 0 Å². The lowest BCUT2D eigenvalue weighted by Crippen LogP contribution is -2.12. The molecule has 0 radical (unpaired) electrons. The fraction of sp³-hybridized carbons (Fsp3) is 0.667. The molecule has 2 bridgehead atoms. The van der Waals surface area contributed by atoms with Gasteiger partial charge in [0.15, 0.2) is 0 Å². The van der Waals surface area contributed by atoms with Gasteiger partial charge in [0.25, 0.3) is 0 Å². The summed E-state index contributed by atoms with van der Waals surface area (Å²) >= 11 is 0. The Bertz CT molecular complexity index is 162. The molecule has 12 heavy (non-hydrogen) atoms. The van der Waals surface area contributed by atoms with Gasteiger partial charge in [-0.1, -0.05) is 32.1 Å². The maximum Gasteiger partial charge on any atom is -0.0199 e. The molecule has 0 aromatic heterocycles. The van der Waals surface area contributed by atoms with E-state index < -0.39 is 0 Å². The molecular weight excluding hydrogens is 144 g/mol. The molecule has 1 saturated carbocycles. The van der Waals surface area contributed by atoms with Crippen molar-refractivity contribution in [3.8, 4) is 0 Å². The smallest absolute Gasteiger partial charge is 0.0199 e. The molecule has 0 saturated heterocycles. The van der Waals surface area contributed by atoms with Crippen LogP contribution in [0.15, 0.2) is 24.8 Å². The van der Waals surface area contributed by atoms with E-state index in [9.17, 15) is 0 Å². The zero-order valence-corrected chi connectivity index (χ0v) is 8.46. The molecule has 0 spiro atoms. The fourth-order valence-corrected chi connectivity index (χ4v) is 2.32. The van der Waals surface area contributed by atoms with Crippen LogP contribution in [0.25, 0.3) is 0 Å². The summed E-state index contributed by atoms with van der Waals surface area (Å²) in [4.78, 5) is 0. The molecule has 68 valence electrons. The molecule has 0 N–H and O–H groups in total. The highest BCUT2D eigenvalue weighted by Crippen LogP contribution is 2.47. The third-order valence-corrected chi connectivity index (χ3v) is 3.33. The topological polar surface area (TPSA) is 0 Å². The summed E-state index contributed by atoms with van der Waals surface area (Å²) in [6.07, 6.45) is 8.02. The molecule has 0 amide bonds. The maximum absolute atomic E-state index is 3.36. The van der Waals surface area contributed by atoms with Crippen LogP contribution >= 0.6 is 0 Å². The van der Waals surface area contributed by atoms with Gasteiger partial charge in [-0.25, -0.2) is 0 Å². The van der Waals surface area contributed by atoms with Crippen LogP contribution in [0.4, 0.5) is 0 Å². The summed E-state index contributed by atoms with van der Waals surface area (Å²) in [5.74, 6) is 3.79. The highest BCUT2D eigenvalue weighted by molar-refractivity contribution is 5.11. The highest BCUT2D eigenvalue weighted by Gasteiger charge is 2.38. The van der Waals surface area contributed by atoms with E-state index >= 15 is 0 Å². The van der Waals surface area contributed by atoms with Crippen molar-refractivity contribution in [1.29, 1.82) is 0 Å². The number of allylic oxidation sites excluding steroid dienone is 3. The standard InChI is InChI=1S/C9H14.C3H6/c1-6-7(2)9-4-3-8(6)5-9;1-3-2/h3-4,6-9H,5H2,1-2H3;3H,1H2,2H3. The minimum atomic E-state index is 0.935. The minimum absolute atomic E-state index is 0.935. The largest absolute Gasteiger partial charge is 0.103 e. The lowest BCUT2D eigenvalue weighted by atomic mass is 9.86. The predicted octanol–water partition coefficient (Wildman–Crippen LogP) is 3.66. The monoisotopic (exact) mass is 164 g/mol. The predicted molar refractivity (Wildman–Crippen MR) is 54.9 cm³/mol. The molecule has 0 aromatic carbocycles. The summed E-state index contributed by atoms with van der Waals surface area (Å²) in [6.45, 7) is 10.0. The van der Waals surface area contributed by atoms with Gasteiger partial charge in [0.2, 0.25) is 0 Å². The van der Waals surface area contributed by atoms with Crippen molar-refractivity contribution in [3.05, 3.63) is 24.8 Å². The molecular formula is C12H20. The van der Waals surface area contributed by atoms with Gasteiger partial charge in [0.05, 0.1) is 0 Å². The van der Waals surface area contributed by atoms with E-state index in [0.717, 1.165) is 23.7 Å². The second kappa shape index (κ2) is 3.93. The van der Waals surface area contributed by atoms with Crippen molar-refractivity contribution >= 4 is 0 Å².